The Hall–Kier alpha value is -3.29. The van der Waals surface area contributed by atoms with E-state index in [2.05, 4.69) is 19.9 Å². The van der Waals surface area contributed by atoms with Crippen molar-refractivity contribution in [3.63, 3.8) is 0 Å². The van der Waals surface area contributed by atoms with Gasteiger partial charge in [0.15, 0.2) is 17.0 Å². The molecule has 8 heteroatoms. The summed E-state index contributed by atoms with van der Waals surface area (Å²) in [5.41, 5.74) is 13.9. The monoisotopic (exact) mass is 323 g/mol. The molecule has 24 heavy (non-hydrogen) atoms. The molecule has 0 spiro atoms. The molecule has 4 N–H and O–H groups in total. The minimum Gasteiger partial charge on any atom is -0.382 e. The molecule has 0 aromatic carbocycles. The van der Waals surface area contributed by atoms with Crippen LogP contribution in [0.15, 0.2) is 42.3 Å². The highest BCUT2D eigenvalue weighted by Gasteiger charge is 2.10. The Morgan fingerprint density at radius 1 is 1.25 bits per heavy atom. The van der Waals surface area contributed by atoms with Crippen LogP contribution in [0.4, 0.5) is 11.8 Å². The fourth-order valence-electron chi connectivity index (χ4n) is 2.35. The number of carbonyl (C=O) groups is 1. The van der Waals surface area contributed by atoms with Crippen LogP contribution in [0, 0.1) is 5.92 Å². The van der Waals surface area contributed by atoms with E-state index in [1.54, 1.807) is 6.20 Å². The normalized spacial score (nSPS) is 16.7. The van der Waals surface area contributed by atoms with E-state index in [0.29, 0.717) is 17.7 Å². The van der Waals surface area contributed by atoms with Crippen LogP contribution in [0.2, 0.25) is 0 Å². The van der Waals surface area contributed by atoms with Gasteiger partial charge < -0.3 is 21.2 Å². The standard InChI is InChI=1S/C16H17N7O/c1-23(12-4-2-3-10(9-24)5-6-12)8-11-7-19-15-13(20-11)14(17)21-16(18)22-15/h2-7,9-10H,8H2,1H3,(H4,17,18,19,21,22). The van der Waals surface area contributed by atoms with E-state index in [1.165, 1.54) is 0 Å². The molecule has 0 bridgehead atoms. The third kappa shape index (κ3) is 3.22. The summed E-state index contributed by atoms with van der Waals surface area (Å²) < 4.78 is 0. The maximum absolute atomic E-state index is 10.9. The smallest absolute Gasteiger partial charge is 0.224 e. The van der Waals surface area contributed by atoms with Gasteiger partial charge in [0.25, 0.3) is 0 Å². The molecule has 0 saturated carbocycles. The molecular weight excluding hydrogens is 306 g/mol. The van der Waals surface area contributed by atoms with Crippen LogP contribution in [0.3, 0.4) is 0 Å². The molecule has 1 aliphatic carbocycles. The van der Waals surface area contributed by atoms with Gasteiger partial charge in [-0.3, -0.25) is 0 Å². The SMILES string of the molecule is CN(Cc1cnc2nc(N)nc(N)c2n1)C1=CC=CC(C=O)C=C1. The van der Waals surface area contributed by atoms with E-state index in [4.69, 9.17) is 11.5 Å². The summed E-state index contributed by atoms with van der Waals surface area (Å²) in [5.74, 6) is 0.0827. The van der Waals surface area contributed by atoms with Gasteiger partial charge in [0.2, 0.25) is 5.95 Å². The van der Waals surface area contributed by atoms with Crippen LogP contribution < -0.4 is 11.5 Å². The minimum atomic E-state index is -0.199. The molecule has 3 rings (SSSR count). The number of hydrogen-bond acceptors (Lipinski definition) is 8. The van der Waals surface area contributed by atoms with Crippen molar-refractivity contribution in [1.29, 1.82) is 0 Å². The molecule has 2 aromatic heterocycles. The molecule has 0 fully saturated rings. The van der Waals surface area contributed by atoms with Crippen LogP contribution in [0.1, 0.15) is 5.69 Å². The van der Waals surface area contributed by atoms with Crippen molar-refractivity contribution >= 4 is 29.2 Å². The van der Waals surface area contributed by atoms with Gasteiger partial charge in [0.1, 0.15) is 6.29 Å². The number of aromatic nitrogens is 4. The van der Waals surface area contributed by atoms with E-state index >= 15 is 0 Å². The average Bonchev–Trinajstić information content (AvgIpc) is 2.81. The Balaban J connectivity index is 1.83. The first-order chi connectivity index (χ1) is 11.6. The van der Waals surface area contributed by atoms with Gasteiger partial charge in [0, 0.05) is 12.7 Å². The maximum atomic E-state index is 10.9. The summed E-state index contributed by atoms with van der Waals surface area (Å²) in [7, 11) is 1.93. The molecule has 8 nitrogen and oxygen atoms in total. The van der Waals surface area contributed by atoms with E-state index in [1.807, 2.05) is 42.3 Å². The van der Waals surface area contributed by atoms with Gasteiger partial charge in [-0.25, -0.2) is 9.97 Å². The van der Waals surface area contributed by atoms with E-state index in [-0.39, 0.29) is 17.7 Å². The summed E-state index contributed by atoms with van der Waals surface area (Å²) >= 11 is 0. The van der Waals surface area contributed by atoms with Crippen LogP contribution in [0.5, 0.6) is 0 Å². The lowest BCUT2D eigenvalue weighted by molar-refractivity contribution is -0.108. The number of fused-ring (bicyclic) bond motifs is 1. The zero-order valence-corrected chi connectivity index (χ0v) is 13.1. The summed E-state index contributed by atoms with van der Waals surface area (Å²) in [4.78, 5) is 29.5. The molecule has 122 valence electrons. The van der Waals surface area contributed by atoms with Gasteiger partial charge in [-0.1, -0.05) is 18.2 Å². The Kier molecular flexibility index (Phi) is 4.19. The number of nitrogen functional groups attached to an aromatic ring is 2. The summed E-state index contributed by atoms with van der Waals surface area (Å²) in [6.07, 6.45) is 11.9. The second kappa shape index (κ2) is 6.45. The summed E-state index contributed by atoms with van der Waals surface area (Å²) in [5, 5.41) is 0. The largest absolute Gasteiger partial charge is 0.382 e. The first kappa shape index (κ1) is 15.6. The van der Waals surface area contributed by atoms with E-state index < -0.39 is 0 Å². The number of aldehydes is 1. The van der Waals surface area contributed by atoms with Gasteiger partial charge >= 0.3 is 0 Å². The Labute approximate surface area is 138 Å². The molecule has 0 radical (unpaired) electrons. The van der Waals surface area contributed by atoms with Crippen molar-refractivity contribution in [2.45, 2.75) is 6.54 Å². The maximum Gasteiger partial charge on any atom is 0.224 e. The second-order valence-corrected chi connectivity index (χ2v) is 5.41. The van der Waals surface area contributed by atoms with Crippen molar-refractivity contribution in [2.24, 2.45) is 5.92 Å². The van der Waals surface area contributed by atoms with Crippen LogP contribution >= 0.6 is 0 Å². The van der Waals surface area contributed by atoms with E-state index in [0.717, 1.165) is 17.7 Å². The molecule has 0 amide bonds. The van der Waals surface area contributed by atoms with Crippen LogP contribution in [0.25, 0.3) is 11.2 Å². The van der Waals surface area contributed by atoms with Crippen molar-refractivity contribution in [3.05, 3.63) is 48.0 Å². The fraction of sp³-hybridized carbons (Fsp3) is 0.188. The fourth-order valence-corrected chi connectivity index (χ4v) is 2.35. The summed E-state index contributed by atoms with van der Waals surface area (Å²) in [6, 6.07) is 0. The number of nitrogens with zero attached hydrogens (tertiary/aromatic N) is 5. The third-order valence-corrected chi connectivity index (χ3v) is 3.59. The second-order valence-electron chi connectivity index (χ2n) is 5.41. The molecule has 1 unspecified atom stereocenters. The van der Waals surface area contributed by atoms with Gasteiger partial charge in [-0.05, 0) is 12.2 Å². The van der Waals surface area contributed by atoms with Crippen LogP contribution in [-0.4, -0.2) is 38.2 Å². The number of hydrogen-bond donors (Lipinski definition) is 2. The van der Waals surface area contributed by atoms with Gasteiger partial charge in [-0.2, -0.15) is 9.97 Å². The van der Waals surface area contributed by atoms with Crippen LogP contribution in [-0.2, 0) is 11.3 Å². The van der Waals surface area contributed by atoms with Crippen molar-refractivity contribution in [1.82, 2.24) is 24.8 Å². The predicted octanol–water partition coefficient (Wildman–Crippen LogP) is 0.841. The van der Waals surface area contributed by atoms with Gasteiger partial charge in [0.05, 0.1) is 24.4 Å². The topological polar surface area (TPSA) is 124 Å². The molecule has 0 saturated heterocycles. The van der Waals surface area contributed by atoms with Crippen molar-refractivity contribution < 1.29 is 4.79 Å². The third-order valence-electron chi connectivity index (χ3n) is 3.59. The number of likely N-dealkylation sites (N-methyl/N-ethyl adjacent to an activating group) is 1. The van der Waals surface area contributed by atoms with Gasteiger partial charge in [-0.15, -0.1) is 0 Å². The number of carbonyl (C=O) groups excluding carboxylic acids is 1. The Bertz CT molecular complexity index is 872. The highest BCUT2D eigenvalue weighted by molar-refractivity contribution is 5.81. The first-order valence-electron chi connectivity index (χ1n) is 7.34. The first-order valence-corrected chi connectivity index (χ1v) is 7.34. The van der Waals surface area contributed by atoms with Crippen molar-refractivity contribution in [3.8, 4) is 0 Å². The lowest BCUT2D eigenvalue weighted by Gasteiger charge is -2.19. The lowest BCUT2D eigenvalue weighted by atomic mass is 10.1. The molecule has 0 aliphatic heterocycles. The molecule has 1 atom stereocenters. The number of rotatable bonds is 4. The molecular formula is C16H17N7O. The highest BCUT2D eigenvalue weighted by Crippen LogP contribution is 2.17. The number of anilines is 2. The molecule has 2 aromatic rings. The van der Waals surface area contributed by atoms with Crippen molar-refractivity contribution in [2.75, 3.05) is 18.5 Å². The molecule has 1 aliphatic rings. The predicted molar refractivity (Wildman–Crippen MR) is 91.3 cm³/mol. The summed E-state index contributed by atoms with van der Waals surface area (Å²) in [6.45, 7) is 0.516. The zero-order chi connectivity index (χ0) is 17.1. The average molecular weight is 323 g/mol. The van der Waals surface area contributed by atoms with E-state index in [9.17, 15) is 4.79 Å². The highest BCUT2D eigenvalue weighted by atomic mass is 16.1. The lowest BCUT2D eigenvalue weighted by Crippen LogP contribution is -2.17. The number of nitrogens with two attached hydrogens (primary N) is 2. The molecule has 2 heterocycles. The number of allylic oxidation sites excluding steroid dienone is 5. The Morgan fingerprint density at radius 3 is 2.88 bits per heavy atom. The minimum absolute atomic E-state index is 0.0736. The zero-order valence-electron chi connectivity index (χ0n) is 13.1. The Morgan fingerprint density at radius 2 is 2.08 bits per heavy atom. The quantitative estimate of drug-likeness (QED) is 0.793.